The molecule has 2 aromatic rings. The zero-order chi connectivity index (χ0) is 12.3. The predicted molar refractivity (Wildman–Crippen MR) is 72.4 cm³/mol. The summed E-state index contributed by atoms with van der Waals surface area (Å²) in [7, 11) is 0. The van der Waals surface area contributed by atoms with E-state index in [1.807, 2.05) is 25.1 Å². The fraction of sp³-hybridized carbons (Fsp3) is 0.0833. The molecule has 5 heteroatoms. The highest BCUT2D eigenvalue weighted by atomic mass is 32.1. The van der Waals surface area contributed by atoms with E-state index in [0.717, 1.165) is 17.1 Å². The van der Waals surface area contributed by atoms with Crippen LogP contribution >= 0.6 is 12.2 Å². The minimum absolute atomic E-state index is 0.300. The van der Waals surface area contributed by atoms with Gasteiger partial charge in [-0.2, -0.15) is 0 Å². The topological polar surface area (TPSA) is 63.8 Å². The Morgan fingerprint density at radius 3 is 2.71 bits per heavy atom. The van der Waals surface area contributed by atoms with Gasteiger partial charge in [0.05, 0.1) is 29.0 Å². The largest absolute Gasteiger partial charge is 0.388 e. The minimum atomic E-state index is 0.300. The summed E-state index contributed by atoms with van der Waals surface area (Å²) in [6, 6.07) is 7.51. The van der Waals surface area contributed by atoms with Gasteiger partial charge in [0, 0.05) is 6.20 Å². The van der Waals surface area contributed by atoms with Gasteiger partial charge in [0.1, 0.15) is 4.99 Å². The number of thiocarbonyl (C=S) groups is 1. The number of hydrogen-bond acceptors (Lipinski definition) is 4. The second-order valence-electron chi connectivity index (χ2n) is 3.56. The molecular formula is C12H12N4S. The number of nitrogens with one attached hydrogen (secondary N) is 1. The number of anilines is 2. The van der Waals surface area contributed by atoms with Crippen LogP contribution in [0.4, 0.5) is 11.4 Å². The molecule has 0 radical (unpaired) electrons. The van der Waals surface area contributed by atoms with Crippen LogP contribution < -0.4 is 11.1 Å². The molecule has 0 aliphatic carbocycles. The van der Waals surface area contributed by atoms with Gasteiger partial charge in [-0.3, -0.25) is 9.97 Å². The zero-order valence-corrected chi connectivity index (χ0v) is 10.2. The quantitative estimate of drug-likeness (QED) is 0.810. The van der Waals surface area contributed by atoms with E-state index in [1.54, 1.807) is 18.5 Å². The Balaban J connectivity index is 2.20. The normalized spacial score (nSPS) is 9.94. The van der Waals surface area contributed by atoms with Gasteiger partial charge in [-0.1, -0.05) is 12.2 Å². The zero-order valence-electron chi connectivity index (χ0n) is 9.34. The van der Waals surface area contributed by atoms with E-state index in [4.69, 9.17) is 18.0 Å². The molecule has 0 amide bonds. The van der Waals surface area contributed by atoms with Crippen molar-refractivity contribution in [3.05, 3.63) is 48.0 Å². The maximum absolute atomic E-state index is 5.48. The van der Waals surface area contributed by atoms with E-state index in [2.05, 4.69) is 15.3 Å². The van der Waals surface area contributed by atoms with Crippen LogP contribution in [0.5, 0.6) is 0 Å². The van der Waals surface area contributed by atoms with E-state index in [0.29, 0.717) is 10.7 Å². The maximum atomic E-state index is 5.48. The Hall–Kier alpha value is -2.01. The molecule has 0 saturated heterocycles. The first-order valence-electron chi connectivity index (χ1n) is 5.11. The summed E-state index contributed by atoms with van der Waals surface area (Å²) < 4.78 is 0. The number of aromatic nitrogens is 2. The SMILES string of the molecule is Cc1ncccc1Nc1ccc(C(N)=S)nc1. The van der Waals surface area contributed by atoms with E-state index < -0.39 is 0 Å². The first-order valence-corrected chi connectivity index (χ1v) is 5.52. The number of pyridine rings is 2. The van der Waals surface area contributed by atoms with Crippen molar-refractivity contribution in [2.75, 3.05) is 5.32 Å². The van der Waals surface area contributed by atoms with Crippen molar-refractivity contribution in [3.8, 4) is 0 Å². The van der Waals surface area contributed by atoms with Crippen LogP contribution in [0.15, 0.2) is 36.7 Å². The number of hydrogen-bond donors (Lipinski definition) is 2. The van der Waals surface area contributed by atoms with Crippen LogP contribution in [-0.4, -0.2) is 15.0 Å². The van der Waals surface area contributed by atoms with Crippen molar-refractivity contribution in [2.24, 2.45) is 5.73 Å². The molecule has 0 aliphatic heterocycles. The third kappa shape index (κ3) is 2.76. The number of nitrogens with two attached hydrogens (primary N) is 1. The van der Waals surface area contributed by atoms with E-state index in [-0.39, 0.29) is 0 Å². The maximum Gasteiger partial charge on any atom is 0.122 e. The second-order valence-corrected chi connectivity index (χ2v) is 4.00. The van der Waals surface area contributed by atoms with Crippen LogP contribution in [-0.2, 0) is 0 Å². The molecular weight excluding hydrogens is 232 g/mol. The summed E-state index contributed by atoms with van der Waals surface area (Å²) in [5.74, 6) is 0. The molecule has 0 spiro atoms. The van der Waals surface area contributed by atoms with Crippen molar-refractivity contribution in [1.82, 2.24) is 9.97 Å². The number of rotatable bonds is 3. The number of aryl methyl sites for hydroxylation is 1. The van der Waals surface area contributed by atoms with Crippen LogP contribution in [0.2, 0.25) is 0 Å². The monoisotopic (exact) mass is 244 g/mol. The Bertz CT molecular complexity index is 536. The smallest absolute Gasteiger partial charge is 0.122 e. The second kappa shape index (κ2) is 4.88. The van der Waals surface area contributed by atoms with Crippen molar-refractivity contribution in [3.63, 3.8) is 0 Å². The first kappa shape index (κ1) is 11.5. The Labute approximate surface area is 105 Å². The fourth-order valence-electron chi connectivity index (χ4n) is 1.39. The van der Waals surface area contributed by atoms with Gasteiger partial charge < -0.3 is 11.1 Å². The summed E-state index contributed by atoms with van der Waals surface area (Å²) in [6.07, 6.45) is 3.45. The molecule has 2 aromatic heterocycles. The van der Waals surface area contributed by atoms with Crippen molar-refractivity contribution >= 4 is 28.6 Å². The fourth-order valence-corrected chi connectivity index (χ4v) is 1.51. The van der Waals surface area contributed by atoms with Crippen LogP contribution in [0.25, 0.3) is 0 Å². The molecule has 4 nitrogen and oxygen atoms in total. The molecule has 0 aliphatic rings. The highest BCUT2D eigenvalue weighted by Gasteiger charge is 2.01. The van der Waals surface area contributed by atoms with Gasteiger partial charge in [-0.15, -0.1) is 0 Å². The molecule has 0 bridgehead atoms. The summed E-state index contributed by atoms with van der Waals surface area (Å²) in [5, 5.41) is 3.23. The summed E-state index contributed by atoms with van der Waals surface area (Å²) in [4.78, 5) is 8.65. The molecule has 0 aromatic carbocycles. The summed E-state index contributed by atoms with van der Waals surface area (Å²) in [5.41, 5.74) is 8.87. The van der Waals surface area contributed by atoms with E-state index >= 15 is 0 Å². The van der Waals surface area contributed by atoms with Crippen LogP contribution in [0.1, 0.15) is 11.4 Å². The van der Waals surface area contributed by atoms with Gasteiger partial charge >= 0.3 is 0 Å². The lowest BCUT2D eigenvalue weighted by Gasteiger charge is -2.08. The highest BCUT2D eigenvalue weighted by Crippen LogP contribution is 2.17. The average Bonchev–Trinajstić information content (AvgIpc) is 2.33. The van der Waals surface area contributed by atoms with Crippen LogP contribution in [0, 0.1) is 6.92 Å². The Kier molecular flexibility index (Phi) is 3.30. The lowest BCUT2D eigenvalue weighted by Crippen LogP contribution is -2.11. The molecule has 0 unspecified atom stereocenters. The van der Waals surface area contributed by atoms with Crippen LogP contribution in [0.3, 0.4) is 0 Å². The minimum Gasteiger partial charge on any atom is -0.388 e. The first-order chi connectivity index (χ1) is 8.16. The molecule has 0 saturated carbocycles. The molecule has 86 valence electrons. The molecule has 0 atom stereocenters. The Morgan fingerprint density at radius 1 is 1.29 bits per heavy atom. The van der Waals surface area contributed by atoms with Gasteiger partial charge in [0.25, 0.3) is 0 Å². The van der Waals surface area contributed by atoms with Gasteiger partial charge in [0.2, 0.25) is 0 Å². The summed E-state index contributed by atoms with van der Waals surface area (Å²) in [6.45, 7) is 1.94. The lowest BCUT2D eigenvalue weighted by molar-refractivity contribution is 1.19. The average molecular weight is 244 g/mol. The molecule has 17 heavy (non-hydrogen) atoms. The van der Waals surface area contributed by atoms with Crippen molar-refractivity contribution < 1.29 is 0 Å². The number of nitrogens with zero attached hydrogens (tertiary/aromatic N) is 2. The highest BCUT2D eigenvalue weighted by molar-refractivity contribution is 7.80. The van der Waals surface area contributed by atoms with Crippen molar-refractivity contribution in [2.45, 2.75) is 6.92 Å². The third-order valence-corrected chi connectivity index (χ3v) is 2.51. The van der Waals surface area contributed by atoms with E-state index in [1.165, 1.54) is 0 Å². The third-order valence-electron chi connectivity index (χ3n) is 2.30. The molecule has 2 rings (SSSR count). The predicted octanol–water partition coefficient (Wildman–Crippen LogP) is 2.16. The molecule has 2 heterocycles. The van der Waals surface area contributed by atoms with E-state index in [9.17, 15) is 0 Å². The van der Waals surface area contributed by atoms with Crippen molar-refractivity contribution in [1.29, 1.82) is 0 Å². The lowest BCUT2D eigenvalue weighted by atomic mass is 10.3. The summed E-state index contributed by atoms with van der Waals surface area (Å²) >= 11 is 4.84. The van der Waals surface area contributed by atoms with Gasteiger partial charge in [-0.05, 0) is 31.2 Å². The van der Waals surface area contributed by atoms with Gasteiger partial charge in [-0.25, -0.2) is 0 Å². The van der Waals surface area contributed by atoms with Gasteiger partial charge in [0.15, 0.2) is 0 Å². The Morgan fingerprint density at radius 2 is 2.12 bits per heavy atom. The molecule has 3 N–H and O–H groups in total. The standard InChI is InChI=1S/C12H12N4S/c1-8-10(3-2-6-14-8)16-9-4-5-11(12(13)17)15-7-9/h2-7,16H,1H3,(H2,13,17). The molecule has 0 fully saturated rings.